The van der Waals surface area contributed by atoms with Gasteiger partial charge in [-0.25, -0.2) is 0 Å². The normalized spacial score (nSPS) is 26.1. The highest BCUT2D eigenvalue weighted by molar-refractivity contribution is 5.81. The van der Waals surface area contributed by atoms with Gasteiger partial charge in [-0.3, -0.25) is 9.79 Å². The van der Waals surface area contributed by atoms with Crippen LogP contribution in [0.3, 0.4) is 0 Å². The lowest BCUT2D eigenvalue weighted by Gasteiger charge is -2.22. The molecule has 1 amide bonds. The maximum absolute atomic E-state index is 12.6. The van der Waals surface area contributed by atoms with Crippen molar-refractivity contribution < 1.29 is 9.53 Å². The van der Waals surface area contributed by atoms with Gasteiger partial charge in [0.05, 0.1) is 0 Å². The third-order valence-electron chi connectivity index (χ3n) is 6.19. The lowest BCUT2D eigenvalue weighted by molar-refractivity contribution is -0.134. The number of carbonyl (C=O) groups is 1. The van der Waals surface area contributed by atoms with Gasteiger partial charge in [0.15, 0.2) is 5.96 Å². The molecule has 142 valence electrons. The van der Waals surface area contributed by atoms with Crippen molar-refractivity contribution in [3.63, 3.8) is 0 Å². The fourth-order valence-electron chi connectivity index (χ4n) is 4.18. The fraction of sp³-hybridized carbons (Fsp3) is 0.895. The Bertz CT molecular complexity index is 484. The Morgan fingerprint density at radius 1 is 1.28 bits per heavy atom. The molecular formula is C19H34N4O2. The van der Waals surface area contributed by atoms with Crippen molar-refractivity contribution in [1.82, 2.24) is 15.5 Å². The van der Waals surface area contributed by atoms with Gasteiger partial charge in [0.2, 0.25) is 5.91 Å². The maximum Gasteiger partial charge on any atom is 0.225 e. The van der Waals surface area contributed by atoms with Gasteiger partial charge < -0.3 is 20.3 Å². The van der Waals surface area contributed by atoms with E-state index in [4.69, 9.17) is 4.74 Å². The summed E-state index contributed by atoms with van der Waals surface area (Å²) in [6.45, 7) is 3.47. The number of nitrogens with one attached hydrogen (secondary N) is 2. The molecule has 2 saturated carbocycles. The standard InChI is InChI=1S/C19H34N4O2/c1-20-18(21-14-19(8-9-19)10-12-25-2)22-16-7-11-23(13-16)17(24)15-5-3-4-6-15/h15-16H,3-14H2,1-2H3,(H2,20,21,22). The Hall–Kier alpha value is -1.30. The lowest BCUT2D eigenvalue weighted by atomic mass is 10.0. The second-order valence-electron chi connectivity index (χ2n) is 8.06. The second-order valence-corrected chi connectivity index (χ2v) is 8.06. The Morgan fingerprint density at radius 2 is 2.04 bits per heavy atom. The highest BCUT2D eigenvalue weighted by atomic mass is 16.5. The van der Waals surface area contributed by atoms with Crippen LogP contribution in [0, 0.1) is 11.3 Å². The van der Waals surface area contributed by atoms with Crippen LogP contribution in [0.15, 0.2) is 4.99 Å². The number of methoxy groups -OCH3 is 1. The topological polar surface area (TPSA) is 66.0 Å². The van der Waals surface area contributed by atoms with E-state index in [0.717, 1.165) is 57.9 Å². The fourth-order valence-corrected chi connectivity index (χ4v) is 4.18. The average molecular weight is 351 g/mol. The SMILES string of the molecule is CN=C(NCC1(CCOC)CC1)NC1CCN(C(=O)C2CCCC2)C1. The monoisotopic (exact) mass is 350 g/mol. The summed E-state index contributed by atoms with van der Waals surface area (Å²) >= 11 is 0. The van der Waals surface area contributed by atoms with E-state index in [9.17, 15) is 4.79 Å². The minimum atomic E-state index is 0.284. The zero-order valence-corrected chi connectivity index (χ0v) is 15.9. The molecule has 1 atom stereocenters. The molecule has 1 heterocycles. The van der Waals surface area contributed by atoms with Crippen LogP contribution in [-0.4, -0.2) is 63.2 Å². The molecule has 2 N–H and O–H groups in total. The molecule has 0 aromatic rings. The van der Waals surface area contributed by atoms with Crippen LogP contribution < -0.4 is 10.6 Å². The van der Waals surface area contributed by atoms with Crippen molar-refractivity contribution >= 4 is 11.9 Å². The van der Waals surface area contributed by atoms with Gasteiger partial charge in [0.25, 0.3) is 0 Å². The number of ether oxygens (including phenoxy) is 1. The largest absolute Gasteiger partial charge is 0.385 e. The molecule has 6 nitrogen and oxygen atoms in total. The third-order valence-corrected chi connectivity index (χ3v) is 6.19. The van der Waals surface area contributed by atoms with Crippen LogP contribution in [0.2, 0.25) is 0 Å². The lowest BCUT2D eigenvalue weighted by Crippen LogP contribution is -2.46. The van der Waals surface area contributed by atoms with E-state index in [1.54, 1.807) is 7.11 Å². The van der Waals surface area contributed by atoms with E-state index in [1.807, 2.05) is 7.05 Å². The summed E-state index contributed by atoms with van der Waals surface area (Å²) in [6.07, 6.45) is 9.26. The number of guanidine groups is 1. The Labute approximate surface area is 151 Å². The number of carbonyl (C=O) groups excluding carboxylic acids is 1. The van der Waals surface area contributed by atoms with Crippen molar-refractivity contribution in [3.05, 3.63) is 0 Å². The van der Waals surface area contributed by atoms with Crippen molar-refractivity contribution in [1.29, 1.82) is 0 Å². The maximum atomic E-state index is 12.6. The van der Waals surface area contributed by atoms with Crippen molar-refractivity contribution in [2.45, 2.75) is 57.4 Å². The molecule has 0 bridgehead atoms. The van der Waals surface area contributed by atoms with Gasteiger partial charge in [-0.15, -0.1) is 0 Å². The number of amides is 1. The van der Waals surface area contributed by atoms with Gasteiger partial charge in [0.1, 0.15) is 0 Å². The first-order valence-electron chi connectivity index (χ1n) is 9.91. The predicted octanol–water partition coefficient (Wildman–Crippen LogP) is 1.76. The molecule has 1 aliphatic heterocycles. The number of aliphatic imine (C=N–C) groups is 1. The molecule has 1 saturated heterocycles. The molecule has 2 aliphatic carbocycles. The summed E-state index contributed by atoms with van der Waals surface area (Å²) < 4.78 is 5.22. The molecule has 3 aliphatic rings. The molecule has 3 rings (SSSR count). The molecule has 0 radical (unpaired) electrons. The first kappa shape index (κ1) is 18.5. The Kier molecular flexibility index (Phi) is 6.20. The predicted molar refractivity (Wildman–Crippen MR) is 99.6 cm³/mol. The van der Waals surface area contributed by atoms with Crippen molar-refractivity contribution in [3.8, 4) is 0 Å². The van der Waals surface area contributed by atoms with Crippen LogP contribution in [0.5, 0.6) is 0 Å². The first-order valence-corrected chi connectivity index (χ1v) is 9.91. The smallest absolute Gasteiger partial charge is 0.225 e. The van der Waals surface area contributed by atoms with Gasteiger partial charge in [-0.2, -0.15) is 0 Å². The molecule has 0 aromatic heterocycles. The number of nitrogens with zero attached hydrogens (tertiary/aromatic N) is 2. The molecule has 25 heavy (non-hydrogen) atoms. The minimum absolute atomic E-state index is 0.284. The summed E-state index contributed by atoms with van der Waals surface area (Å²) in [6, 6.07) is 0.311. The summed E-state index contributed by atoms with van der Waals surface area (Å²) in [5.74, 6) is 1.52. The molecule has 6 heteroatoms. The molecular weight excluding hydrogens is 316 g/mol. The molecule has 0 aromatic carbocycles. The van der Waals surface area contributed by atoms with Crippen LogP contribution in [-0.2, 0) is 9.53 Å². The Morgan fingerprint density at radius 3 is 2.68 bits per heavy atom. The van der Waals surface area contributed by atoms with Crippen LogP contribution in [0.25, 0.3) is 0 Å². The van der Waals surface area contributed by atoms with Crippen molar-refractivity contribution in [2.24, 2.45) is 16.3 Å². The van der Waals surface area contributed by atoms with E-state index in [-0.39, 0.29) is 5.92 Å². The van der Waals surface area contributed by atoms with E-state index in [1.165, 1.54) is 25.7 Å². The number of rotatable bonds is 7. The average Bonchev–Trinajstić information content (AvgIpc) is 3.05. The number of hydrogen-bond donors (Lipinski definition) is 2. The van der Waals surface area contributed by atoms with E-state index < -0.39 is 0 Å². The zero-order valence-electron chi connectivity index (χ0n) is 15.9. The summed E-state index contributed by atoms with van der Waals surface area (Å²) in [5, 5.41) is 7.00. The van der Waals surface area contributed by atoms with E-state index in [2.05, 4.69) is 20.5 Å². The van der Waals surface area contributed by atoms with Gasteiger partial charge in [-0.1, -0.05) is 12.8 Å². The third kappa shape index (κ3) is 4.87. The van der Waals surface area contributed by atoms with Crippen LogP contribution >= 0.6 is 0 Å². The number of likely N-dealkylation sites (tertiary alicyclic amines) is 1. The van der Waals surface area contributed by atoms with Gasteiger partial charge >= 0.3 is 0 Å². The van der Waals surface area contributed by atoms with Crippen molar-refractivity contribution in [2.75, 3.05) is 40.4 Å². The van der Waals surface area contributed by atoms with Crippen LogP contribution in [0.4, 0.5) is 0 Å². The minimum Gasteiger partial charge on any atom is -0.385 e. The highest BCUT2D eigenvalue weighted by Gasteiger charge is 2.42. The Balaban J connectivity index is 1.41. The first-order chi connectivity index (χ1) is 12.2. The van der Waals surface area contributed by atoms with Crippen LogP contribution in [0.1, 0.15) is 51.4 Å². The van der Waals surface area contributed by atoms with Gasteiger partial charge in [-0.05, 0) is 43.9 Å². The summed E-state index contributed by atoms with van der Waals surface area (Å²) in [5.41, 5.74) is 0.397. The number of hydrogen-bond acceptors (Lipinski definition) is 3. The quantitative estimate of drug-likeness (QED) is 0.542. The second kappa shape index (κ2) is 8.39. The van der Waals surface area contributed by atoms with Gasteiger partial charge in [0, 0.05) is 52.4 Å². The molecule has 1 unspecified atom stereocenters. The molecule has 0 spiro atoms. The summed E-state index contributed by atoms with van der Waals surface area (Å²) in [4.78, 5) is 19.0. The molecule has 3 fully saturated rings. The highest BCUT2D eigenvalue weighted by Crippen LogP contribution is 2.48. The van der Waals surface area contributed by atoms with E-state index >= 15 is 0 Å². The zero-order chi connectivity index (χ0) is 17.7. The van der Waals surface area contributed by atoms with E-state index in [0.29, 0.717) is 17.4 Å². The summed E-state index contributed by atoms with van der Waals surface area (Å²) in [7, 11) is 3.59.